The summed E-state index contributed by atoms with van der Waals surface area (Å²) in [5.74, 6) is -1.04. The molecular formula is C16H16ClFN2O3S2. The molecule has 1 N–H and O–H groups in total. The highest BCUT2D eigenvalue weighted by Gasteiger charge is 2.28. The smallest absolute Gasteiger partial charge is 0.252 e. The molecule has 0 radical (unpaired) electrons. The fourth-order valence-electron chi connectivity index (χ4n) is 2.59. The van der Waals surface area contributed by atoms with Crippen LogP contribution < -0.4 is 5.32 Å². The van der Waals surface area contributed by atoms with Gasteiger partial charge in [0.15, 0.2) is 0 Å². The van der Waals surface area contributed by atoms with E-state index in [1.165, 1.54) is 22.5 Å². The second kappa shape index (κ2) is 7.41. The molecule has 0 spiro atoms. The molecule has 0 bridgehead atoms. The number of hydrogen-bond acceptors (Lipinski definition) is 4. The molecule has 25 heavy (non-hydrogen) atoms. The van der Waals surface area contributed by atoms with E-state index in [-0.39, 0.29) is 21.3 Å². The second-order valence-electron chi connectivity index (χ2n) is 5.68. The average Bonchev–Trinajstić information content (AvgIpc) is 3.22. The third-order valence-corrected chi connectivity index (χ3v) is 7.52. The van der Waals surface area contributed by atoms with E-state index in [1.54, 1.807) is 6.07 Å². The largest absolute Gasteiger partial charge is 0.323 e. The first-order chi connectivity index (χ1) is 11.9. The molecule has 0 aliphatic carbocycles. The van der Waals surface area contributed by atoms with Crippen molar-refractivity contribution in [3.05, 3.63) is 46.0 Å². The summed E-state index contributed by atoms with van der Waals surface area (Å²) >= 11 is 6.74. The number of benzene rings is 1. The molecule has 0 saturated carbocycles. The zero-order valence-corrected chi connectivity index (χ0v) is 15.6. The Kier molecular flexibility index (Phi) is 5.43. The number of sulfonamides is 1. The van der Waals surface area contributed by atoms with Gasteiger partial charge in [-0.05, 0) is 43.2 Å². The molecule has 1 fully saturated rings. The van der Waals surface area contributed by atoms with Crippen LogP contribution in [0.1, 0.15) is 17.7 Å². The third-order valence-electron chi connectivity index (χ3n) is 3.84. The zero-order chi connectivity index (χ0) is 18.0. The number of nitrogens with zero attached hydrogens (tertiary/aromatic N) is 1. The predicted octanol–water partition coefficient (Wildman–Crippen LogP) is 3.51. The molecule has 3 rings (SSSR count). The van der Waals surface area contributed by atoms with E-state index in [1.807, 2.05) is 0 Å². The van der Waals surface area contributed by atoms with Gasteiger partial charge in [-0.2, -0.15) is 4.31 Å². The van der Waals surface area contributed by atoms with E-state index >= 15 is 0 Å². The van der Waals surface area contributed by atoms with Crippen molar-refractivity contribution in [2.75, 3.05) is 18.4 Å². The van der Waals surface area contributed by atoms with Crippen molar-refractivity contribution >= 4 is 44.6 Å². The lowest BCUT2D eigenvalue weighted by Gasteiger charge is -2.13. The number of nitrogens with one attached hydrogen (secondary N) is 1. The lowest BCUT2D eigenvalue weighted by atomic mass is 10.2. The summed E-state index contributed by atoms with van der Waals surface area (Å²) in [6.45, 7) is 1.07. The van der Waals surface area contributed by atoms with Gasteiger partial charge >= 0.3 is 0 Å². The molecule has 2 heterocycles. The fourth-order valence-corrected chi connectivity index (χ4v) is 5.78. The van der Waals surface area contributed by atoms with Crippen LogP contribution in [0.25, 0.3) is 0 Å². The number of amides is 1. The van der Waals surface area contributed by atoms with Crippen LogP contribution in [0.3, 0.4) is 0 Å². The number of carbonyl (C=O) groups is 1. The molecule has 0 unspecified atom stereocenters. The standard InChI is InChI=1S/C16H16ClFN2O3S2/c17-11-3-5-14(13(18)9-11)19-15(21)10-12-4-6-16(24-12)25(22,23)20-7-1-2-8-20/h3-6,9H,1-2,7-8,10H2,(H,19,21). The van der Waals surface area contributed by atoms with Gasteiger partial charge < -0.3 is 5.32 Å². The van der Waals surface area contributed by atoms with Crippen LogP contribution in [-0.2, 0) is 21.2 Å². The monoisotopic (exact) mass is 402 g/mol. The van der Waals surface area contributed by atoms with E-state index in [0.29, 0.717) is 18.0 Å². The number of hydrogen-bond donors (Lipinski definition) is 1. The van der Waals surface area contributed by atoms with Crippen LogP contribution in [0.5, 0.6) is 0 Å². The molecule has 1 aliphatic rings. The van der Waals surface area contributed by atoms with Gasteiger partial charge in [0.05, 0.1) is 12.1 Å². The number of anilines is 1. The molecule has 134 valence electrons. The normalized spacial score (nSPS) is 15.4. The third kappa shape index (κ3) is 4.20. The number of thiophene rings is 1. The summed E-state index contributed by atoms with van der Waals surface area (Å²) < 4.78 is 40.3. The van der Waals surface area contributed by atoms with Crippen molar-refractivity contribution in [2.45, 2.75) is 23.5 Å². The molecule has 1 aliphatic heterocycles. The summed E-state index contributed by atoms with van der Waals surface area (Å²) in [6.07, 6.45) is 1.71. The minimum atomic E-state index is -3.48. The average molecular weight is 403 g/mol. The second-order valence-corrected chi connectivity index (χ2v) is 9.45. The van der Waals surface area contributed by atoms with Gasteiger partial charge in [-0.1, -0.05) is 11.6 Å². The van der Waals surface area contributed by atoms with E-state index in [4.69, 9.17) is 11.6 Å². The number of rotatable bonds is 5. The number of carbonyl (C=O) groups excluding carboxylic acids is 1. The maximum absolute atomic E-state index is 13.7. The van der Waals surface area contributed by atoms with Crippen molar-refractivity contribution < 1.29 is 17.6 Å². The summed E-state index contributed by atoms with van der Waals surface area (Å²) in [4.78, 5) is 12.7. The summed E-state index contributed by atoms with van der Waals surface area (Å²) in [7, 11) is -3.48. The Morgan fingerprint density at radius 2 is 1.96 bits per heavy atom. The van der Waals surface area contributed by atoms with Gasteiger partial charge in [0.2, 0.25) is 5.91 Å². The molecule has 9 heteroatoms. The van der Waals surface area contributed by atoms with Crippen LogP contribution in [0.4, 0.5) is 10.1 Å². The van der Waals surface area contributed by atoms with Gasteiger partial charge in [0.1, 0.15) is 10.0 Å². The Labute approximate surface area is 154 Å². The molecule has 1 amide bonds. The first-order valence-corrected chi connectivity index (χ1v) is 10.3. The van der Waals surface area contributed by atoms with E-state index in [2.05, 4.69) is 5.32 Å². The van der Waals surface area contributed by atoms with Crippen molar-refractivity contribution in [2.24, 2.45) is 0 Å². The molecule has 5 nitrogen and oxygen atoms in total. The molecule has 2 aromatic rings. The van der Waals surface area contributed by atoms with Crippen molar-refractivity contribution in [1.29, 1.82) is 0 Å². The quantitative estimate of drug-likeness (QED) is 0.832. The van der Waals surface area contributed by atoms with Crippen molar-refractivity contribution in [1.82, 2.24) is 4.31 Å². The minimum absolute atomic E-state index is 0.0255. The fraction of sp³-hybridized carbons (Fsp3) is 0.312. The highest BCUT2D eigenvalue weighted by molar-refractivity contribution is 7.91. The Morgan fingerprint density at radius 3 is 2.64 bits per heavy atom. The molecule has 1 aromatic carbocycles. The van der Waals surface area contributed by atoms with Crippen molar-refractivity contribution in [3.8, 4) is 0 Å². The minimum Gasteiger partial charge on any atom is -0.323 e. The Morgan fingerprint density at radius 1 is 1.24 bits per heavy atom. The van der Waals surface area contributed by atoms with Crippen LogP contribution in [0.15, 0.2) is 34.5 Å². The van der Waals surface area contributed by atoms with Crippen LogP contribution in [0, 0.1) is 5.82 Å². The summed E-state index contributed by atoms with van der Waals surface area (Å²) in [5, 5.41) is 2.70. The maximum atomic E-state index is 13.7. The van der Waals surface area contributed by atoms with E-state index in [0.717, 1.165) is 30.2 Å². The van der Waals surface area contributed by atoms with Gasteiger partial charge in [-0.15, -0.1) is 11.3 Å². The molecular weight excluding hydrogens is 387 g/mol. The highest BCUT2D eigenvalue weighted by Crippen LogP contribution is 2.28. The lowest BCUT2D eigenvalue weighted by molar-refractivity contribution is -0.115. The highest BCUT2D eigenvalue weighted by atomic mass is 35.5. The SMILES string of the molecule is O=C(Cc1ccc(S(=O)(=O)N2CCCC2)s1)Nc1ccc(Cl)cc1F. The maximum Gasteiger partial charge on any atom is 0.252 e. The Hall–Kier alpha value is -1.48. The van der Waals surface area contributed by atoms with Crippen LogP contribution >= 0.6 is 22.9 Å². The van der Waals surface area contributed by atoms with Gasteiger partial charge in [-0.25, -0.2) is 12.8 Å². The first kappa shape index (κ1) is 18.3. The van der Waals surface area contributed by atoms with Gasteiger partial charge in [0, 0.05) is 23.0 Å². The topological polar surface area (TPSA) is 66.5 Å². The van der Waals surface area contributed by atoms with Gasteiger partial charge in [0.25, 0.3) is 10.0 Å². The molecule has 1 aromatic heterocycles. The zero-order valence-electron chi connectivity index (χ0n) is 13.2. The lowest BCUT2D eigenvalue weighted by Crippen LogP contribution is -2.27. The summed E-state index contributed by atoms with van der Waals surface area (Å²) in [6, 6.07) is 7.11. The predicted molar refractivity (Wildman–Crippen MR) is 96.1 cm³/mol. The number of halogens is 2. The van der Waals surface area contributed by atoms with Crippen molar-refractivity contribution in [3.63, 3.8) is 0 Å². The Bertz CT molecular complexity index is 893. The van der Waals surface area contributed by atoms with E-state index < -0.39 is 21.7 Å². The van der Waals surface area contributed by atoms with Gasteiger partial charge in [-0.3, -0.25) is 4.79 Å². The first-order valence-electron chi connectivity index (χ1n) is 7.70. The van der Waals surface area contributed by atoms with Crippen LogP contribution in [0.2, 0.25) is 5.02 Å². The molecule has 1 saturated heterocycles. The van der Waals surface area contributed by atoms with Crippen LogP contribution in [-0.4, -0.2) is 31.7 Å². The Balaban J connectivity index is 1.67. The summed E-state index contributed by atoms with van der Waals surface area (Å²) in [5.41, 5.74) is 0.0378. The van der Waals surface area contributed by atoms with E-state index in [9.17, 15) is 17.6 Å². The molecule has 0 atom stereocenters.